The Morgan fingerprint density at radius 2 is 1.85 bits per heavy atom. The van der Waals surface area contributed by atoms with Gasteiger partial charge in [0.1, 0.15) is 4.99 Å². The molecule has 4 nitrogen and oxygen atoms in total. The molecule has 0 aliphatic heterocycles. The highest BCUT2D eigenvalue weighted by molar-refractivity contribution is 7.89. The van der Waals surface area contributed by atoms with E-state index in [1.807, 2.05) is 6.92 Å². The molecule has 110 valence electrons. The molecule has 0 unspecified atom stereocenters. The maximum atomic E-state index is 12.7. The Morgan fingerprint density at radius 1 is 1.30 bits per heavy atom. The van der Waals surface area contributed by atoms with Crippen molar-refractivity contribution in [2.45, 2.75) is 43.5 Å². The van der Waals surface area contributed by atoms with Crippen molar-refractivity contribution in [3.63, 3.8) is 0 Å². The van der Waals surface area contributed by atoms with Crippen molar-refractivity contribution in [2.75, 3.05) is 6.54 Å². The fraction of sp³-hybridized carbons (Fsp3) is 0.500. The molecule has 0 amide bonds. The van der Waals surface area contributed by atoms with Crippen LogP contribution in [-0.2, 0) is 10.0 Å². The zero-order chi connectivity index (χ0) is 14.8. The van der Waals surface area contributed by atoms with Crippen molar-refractivity contribution in [1.82, 2.24) is 4.31 Å². The minimum atomic E-state index is -3.43. The SMILES string of the molecule is CCN(C1CCCC1)S(=O)(=O)c1ccc(C(N)=S)cc1. The highest BCUT2D eigenvalue weighted by Gasteiger charge is 2.31. The van der Waals surface area contributed by atoms with Gasteiger partial charge in [0.2, 0.25) is 10.0 Å². The molecule has 0 aromatic heterocycles. The molecule has 6 heteroatoms. The molecule has 2 N–H and O–H groups in total. The fourth-order valence-corrected chi connectivity index (χ4v) is 4.57. The number of sulfonamides is 1. The van der Waals surface area contributed by atoms with E-state index in [0.29, 0.717) is 17.0 Å². The molecular formula is C14H20N2O2S2. The third-order valence-corrected chi connectivity index (χ3v) is 6.07. The number of benzene rings is 1. The summed E-state index contributed by atoms with van der Waals surface area (Å²) in [6.45, 7) is 2.39. The van der Waals surface area contributed by atoms with Gasteiger partial charge in [-0.3, -0.25) is 0 Å². The lowest BCUT2D eigenvalue weighted by Crippen LogP contribution is -2.38. The summed E-state index contributed by atoms with van der Waals surface area (Å²) in [4.78, 5) is 0.586. The molecule has 0 radical (unpaired) electrons. The Labute approximate surface area is 126 Å². The van der Waals surface area contributed by atoms with Gasteiger partial charge in [-0.2, -0.15) is 4.31 Å². The molecule has 1 aliphatic rings. The first-order valence-electron chi connectivity index (χ1n) is 6.88. The van der Waals surface area contributed by atoms with Crippen molar-refractivity contribution in [2.24, 2.45) is 5.73 Å². The average molecular weight is 312 g/mol. The predicted octanol–water partition coefficient (Wildman–Crippen LogP) is 2.27. The monoisotopic (exact) mass is 312 g/mol. The molecule has 2 rings (SSSR count). The number of hydrogen-bond donors (Lipinski definition) is 1. The van der Waals surface area contributed by atoms with Crippen LogP contribution in [0.15, 0.2) is 29.2 Å². The van der Waals surface area contributed by atoms with E-state index in [9.17, 15) is 8.42 Å². The fourth-order valence-electron chi connectivity index (χ4n) is 2.74. The van der Waals surface area contributed by atoms with E-state index in [2.05, 4.69) is 0 Å². The Kier molecular flexibility index (Phi) is 4.78. The molecular weight excluding hydrogens is 292 g/mol. The molecule has 20 heavy (non-hydrogen) atoms. The zero-order valence-electron chi connectivity index (χ0n) is 11.6. The van der Waals surface area contributed by atoms with Gasteiger partial charge in [-0.25, -0.2) is 8.42 Å². The van der Waals surface area contributed by atoms with Crippen molar-refractivity contribution in [1.29, 1.82) is 0 Å². The Balaban J connectivity index is 2.30. The lowest BCUT2D eigenvalue weighted by Gasteiger charge is -2.26. The van der Waals surface area contributed by atoms with Gasteiger partial charge in [-0.15, -0.1) is 0 Å². The lowest BCUT2D eigenvalue weighted by atomic mass is 10.2. The molecule has 0 saturated heterocycles. The summed E-state index contributed by atoms with van der Waals surface area (Å²) in [6, 6.07) is 6.64. The van der Waals surface area contributed by atoms with Crippen molar-refractivity contribution >= 4 is 27.2 Å². The van der Waals surface area contributed by atoms with Crippen LogP contribution in [0, 0.1) is 0 Å². The van der Waals surface area contributed by atoms with Crippen molar-refractivity contribution in [3.05, 3.63) is 29.8 Å². The first kappa shape index (κ1) is 15.4. The molecule has 0 spiro atoms. The lowest BCUT2D eigenvalue weighted by molar-refractivity contribution is 0.335. The van der Waals surface area contributed by atoms with Crippen molar-refractivity contribution in [3.8, 4) is 0 Å². The second-order valence-corrected chi connectivity index (χ2v) is 7.37. The second-order valence-electron chi connectivity index (χ2n) is 5.04. The molecule has 1 aliphatic carbocycles. The number of hydrogen-bond acceptors (Lipinski definition) is 3. The summed E-state index contributed by atoms with van der Waals surface area (Å²) < 4.78 is 27.0. The Bertz CT molecular complexity index is 576. The number of nitrogens with two attached hydrogens (primary N) is 1. The van der Waals surface area contributed by atoms with Crippen LogP contribution in [0.5, 0.6) is 0 Å². The number of nitrogens with zero attached hydrogens (tertiary/aromatic N) is 1. The average Bonchev–Trinajstić information content (AvgIpc) is 2.93. The van der Waals surface area contributed by atoms with Crippen LogP contribution in [0.25, 0.3) is 0 Å². The smallest absolute Gasteiger partial charge is 0.243 e. The molecule has 0 heterocycles. The summed E-state index contributed by atoms with van der Waals surface area (Å²) >= 11 is 4.88. The van der Waals surface area contributed by atoms with Crippen LogP contribution in [0.1, 0.15) is 38.2 Å². The Morgan fingerprint density at radius 3 is 2.30 bits per heavy atom. The van der Waals surface area contributed by atoms with E-state index >= 15 is 0 Å². The minimum absolute atomic E-state index is 0.139. The largest absolute Gasteiger partial charge is 0.389 e. The van der Waals surface area contributed by atoms with Crippen LogP contribution in [0.3, 0.4) is 0 Å². The topological polar surface area (TPSA) is 63.4 Å². The van der Waals surface area contributed by atoms with Gasteiger partial charge in [0.15, 0.2) is 0 Å². The van der Waals surface area contributed by atoms with Crippen LogP contribution in [-0.4, -0.2) is 30.3 Å². The highest BCUT2D eigenvalue weighted by atomic mass is 32.2. The van der Waals surface area contributed by atoms with Gasteiger partial charge in [0, 0.05) is 18.2 Å². The van der Waals surface area contributed by atoms with E-state index in [0.717, 1.165) is 25.7 Å². The van der Waals surface area contributed by atoms with E-state index in [4.69, 9.17) is 18.0 Å². The zero-order valence-corrected chi connectivity index (χ0v) is 13.2. The van der Waals surface area contributed by atoms with E-state index in [1.165, 1.54) is 0 Å². The van der Waals surface area contributed by atoms with Crippen LogP contribution < -0.4 is 5.73 Å². The summed E-state index contributed by atoms with van der Waals surface area (Å²) in [5.74, 6) is 0. The standard InChI is InChI=1S/C14H20N2O2S2/c1-2-16(12-5-3-4-6-12)20(17,18)13-9-7-11(8-10-13)14(15)19/h7-10,12H,2-6H2,1H3,(H2,15,19). The van der Waals surface area contributed by atoms with Crippen LogP contribution in [0.4, 0.5) is 0 Å². The summed E-state index contributed by atoms with van der Waals surface area (Å²) in [7, 11) is -3.43. The summed E-state index contributed by atoms with van der Waals surface area (Å²) in [6.07, 6.45) is 4.13. The van der Waals surface area contributed by atoms with E-state index < -0.39 is 10.0 Å². The van der Waals surface area contributed by atoms with Crippen molar-refractivity contribution < 1.29 is 8.42 Å². The maximum absolute atomic E-state index is 12.7. The van der Waals surface area contributed by atoms with E-state index in [-0.39, 0.29) is 11.0 Å². The summed E-state index contributed by atoms with van der Waals surface area (Å²) in [5, 5.41) is 0. The molecule has 1 fully saturated rings. The molecule has 1 saturated carbocycles. The van der Waals surface area contributed by atoms with Gasteiger partial charge < -0.3 is 5.73 Å². The third-order valence-electron chi connectivity index (χ3n) is 3.79. The third kappa shape index (κ3) is 3.02. The van der Waals surface area contributed by atoms with Gasteiger partial charge in [-0.1, -0.05) is 44.1 Å². The second kappa shape index (κ2) is 6.20. The molecule has 1 aromatic carbocycles. The van der Waals surface area contributed by atoms with Gasteiger partial charge in [-0.05, 0) is 25.0 Å². The summed E-state index contributed by atoms with van der Waals surface area (Å²) in [5.41, 5.74) is 6.21. The minimum Gasteiger partial charge on any atom is -0.389 e. The van der Waals surface area contributed by atoms with E-state index in [1.54, 1.807) is 28.6 Å². The molecule has 0 atom stereocenters. The van der Waals surface area contributed by atoms with Gasteiger partial charge >= 0.3 is 0 Å². The highest BCUT2D eigenvalue weighted by Crippen LogP contribution is 2.28. The first-order valence-corrected chi connectivity index (χ1v) is 8.73. The van der Waals surface area contributed by atoms with Crippen LogP contribution >= 0.6 is 12.2 Å². The van der Waals surface area contributed by atoms with Gasteiger partial charge in [0.05, 0.1) is 4.90 Å². The maximum Gasteiger partial charge on any atom is 0.243 e. The molecule has 0 bridgehead atoms. The number of rotatable bonds is 5. The first-order chi connectivity index (χ1) is 9.46. The van der Waals surface area contributed by atoms with Gasteiger partial charge in [0.25, 0.3) is 0 Å². The predicted molar refractivity (Wildman–Crippen MR) is 84.2 cm³/mol. The quantitative estimate of drug-likeness (QED) is 0.847. The number of thiocarbonyl (C=S) groups is 1. The van der Waals surface area contributed by atoms with Crippen LogP contribution in [0.2, 0.25) is 0 Å². The molecule has 1 aromatic rings. The normalized spacial score (nSPS) is 16.7. The Hall–Kier alpha value is -0.980.